The van der Waals surface area contributed by atoms with Gasteiger partial charge in [0.1, 0.15) is 0 Å². The van der Waals surface area contributed by atoms with Gasteiger partial charge in [-0.15, -0.1) is 0 Å². The Hall–Kier alpha value is -1.42. The first kappa shape index (κ1) is 14.0. The van der Waals surface area contributed by atoms with Crippen molar-refractivity contribution in [1.82, 2.24) is 10.3 Å². The molecule has 1 atom stereocenters. The summed E-state index contributed by atoms with van der Waals surface area (Å²) in [7, 11) is 0. The molecule has 1 N–H and O–H groups in total. The molecule has 0 bridgehead atoms. The van der Waals surface area contributed by atoms with Gasteiger partial charge in [0.15, 0.2) is 0 Å². The summed E-state index contributed by atoms with van der Waals surface area (Å²) >= 11 is 0. The van der Waals surface area contributed by atoms with E-state index >= 15 is 0 Å². The summed E-state index contributed by atoms with van der Waals surface area (Å²) in [5.74, 6) is 0.114. The third-order valence-electron chi connectivity index (χ3n) is 3.37. The maximum atomic E-state index is 11.7. The van der Waals surface area contributed by atoms with Gasteiger partial charge in [0.2, 0.25) is 5.91 Å². The molecule has 0 unspecified atom stereocenters. The predicted octanol–water partition coefficient (Wildman–Crippen LogP) is 2.01. The van der Waals surface area contributed by atoms with Gasteiger partial charge in [-0.3, -0.25) is 9.78 Å². The average molecular weight is 262 g/mol. The van der Waals surface area contributed by atoms with E-state index < -0.39 is 0 Å². The zero-order valence-corrected chi connectivity index (χ0v) is 11.5. The molecule has 4 nitrogen and oxygen atoms in total. The number of aromatic nitrogens is 1. The van der Waals surface area contributed by atoms with Crippen LogP contribution in [0.5, 0.6) is 0 Å². The first-order valence-corrected chi connectivity index (χ1v) is 7.05. The molecule has 0 aliphatic carbocycles. The molecule has 1 fully saturated rings. The number of pyridine rings is 1. The number of carbonyl (C=O) groups excluding carboxylic acids is 1. The maximum absolute atomic E-state index is 11.7. The highest BCUT2D eigenvalue weighted by Gasteiger charge is 2.16. The van der Waals surface area contributed by atoms with Crippen molar-refractivity contribution in [1.29, 1.82) is 0 Å². The van der Waals surface area contributed by atoms with Crippen molar-refractivity contribution in [3.63, 3.8) is 0 Å². The number of amides is 1. The van der Waals surface area contributed by atoms with E-state index in [2.05, 4.69) is 10.3 Å². The fourth-order valence-electron chi connectivity index (χ4n) is 2.32. The summed E-state index contributed by atoms with van der Waals surface area (Å²) < 4.78 is 5.50. The number of carbonyl (C=O) groups is 1. The van der Waals surface area contributed by atoms with Crippen molar-refractivity contribution >= 4 is 5.91 Å². The monoisotopic (exact) mass is 262 g/mol. The molecule has 19 heavy (non-hydrogen) atoms. The Morgan fingerprint density at radius 2 is 2.42 bits per heavy atom. The molecular weight excluding hydrogens is 240 g/mol. The Balaban J connectivity index is 1.60. The summed E-state index contributed by atoms with van der Waals surface area (Å²) in [5, 5.41) is 2.94. The Kier molecular flexibility index (Phi) is 5.33. The number of ether oxygens (including phenoxy) is 1. The molecule has 1 aromatic heterocycles. The van der Waals surface area contributed by atoms with E-state index in [1.807, 2.05) is 25.1 Å². The van der Waals surface area contributed by atoms with Gasteiger partial charge in [-0.1, -0.05) is 6.07 Å². The Morgan fingerprint density at radius 1 is 1.53 bits per heavy atom. The minimum atomic E-state index is 0.114. The number of hydrogen-bond donors (Lipinski definition) is 1. The van der Waals surface area contributed by atoms with Gasteiger partial charge in [-0.2, -0.15) is 0 Å². The lowest BCUT2D eigenvalue weighted by atomic mass is 10.1. The van der Waals surface area contributed by atoms with E-state index in [-0.39, 0.29) is 5.91 Å². The minimum absolute atomic E-state index is 0.114. The zero-order chi connectivity index (χ0) is 13.5. The molecule has 104 valence electrons. The van der Waals surface area contributed by atoms with Crippen molar-refractivity contribution in [2.75, 3.05) is 13.2 Å². The summed E-state index contributed by atoms with van der Waals surface area (Å²) in [4.78, 5) is 16.1. The molecule has 1 aliphatic rings. The van der Waals surface area contributed by atoms with Crippen LogP contribution in [0.3, 0.4) is 0 Å². The van der Waals surface area contributed by atoms with Crippen LogP contribution >= 0.6 is 0 Å². The van der Waals surface area contributed by atoms with Crippen LogP contribution in [0.15, 0.2) is 18.2 Å². The number of rotatable bonds is 6. The lowest BCUT2D eigenvalue weighted by Gasteiger charge is -2.09. The summed E-state index contributed by atoms with van der Waals surface area (Å²) in [5.41, 5.74) is 2.04. The molecule has 1 saturated heterocycles. The second-order valence-electron chi connectivity index (χ2n) is 5.04. The summed E-state index contributed by atoms with van der Waals surface area (Å²) in [6.45, 7) is 3.48. The van der Waals surface area contributed by atoms with Crippen molar-refractivity contribution in [3.8, 4) is 0 Å². The van der Waals surface area contributed by atoms with Crippen LogP contribution < -0.4 is 5.32 Å². The van der Waals surface area contributed by atoms with Gasteiger partial charge in [-0.25, -0.2) is 0 Å². The lowest BCUT2D eigenvalue weighted by molar-refractivity contribution is -0.121. The number of hydrogen-bond acceptors (Lipinski definition) is 3. The topological polar surface area (TPSA) is 51.2 Å². The molecule has 1 aliphatic heterocycles. The van der Waals surface area contributed by atoms with Crippen LogP contribution in [0.2, 0.25) is 0 Å². The van der Waals surface area contributed by atoms with Crippen LogP contribution in [0.1, 0.15) is 37.1 Å². The van der Waals surface area contributed by atoms with Crippen LogP contribution in [0, 0.1) is 6.92 Å². The molecule has 0 radical (unpaired) electrons. The normalized spacial score (nSPS) is 18.5. The number of nitrogens with zero attached hydrogens (tertiary/aromatic N) is 1. The molecule has 1 aromatic rings. The van der Waals surface area contributed by atoms with Crippen molar-refractivity contribution in [2.45, 2.75) is 45.1 Å². The number of nitrogens with one attached hydrogen (secondary N) is 1. The van der Waals surface area contributed by atoms with E-state index in [9.17, 15) is 4.79 Å². The van der Waals surface area contributed by atoms with Crippen molar-refractivity contribution in [3.05, 3.63) is 29.6 Å². The second-order valence-corrected chi connectivity index (χ2v) is 5.04. The predicted molar refractivity (Wildman–Crippen MR) is 73.9 cm³/mol. The standard InChI is InChI=1S/C15H22N2O2/c1-12-4-2-5-13(17-12)9-10-16-15(18)8-7-14-6-3-11-19-14/h2,4-5,14H,3,6-11H2,1H3,(H,16,18)/t14-/m1/s1. The quantitative estimate of drug-likeness (QED) is 0.853. The van der Waals surface area contributed by atoms with Gasteiger partial charge in [0.05, 0.1) is 6.10 Å². The molecule has 0 aromatic carbocycles. The minimum Gasteiger partial charge on any atom is -0.378 e. The second kappa shape index (κ2) is 7.24. The third kappa shape index (κ3) is 4.99. The Morgan fingerprint density at radius 3 is 3.16 bits per heavy atom. The highest BCUT2D eigenvalue weighted by Crippen LogP contribution is 2.16. The fraction of sp³-hybridized carbons (Fsp3) is 0.600. The fourth-order valence-corrected chi connectivity index (χ4v) is 2.32. The van der Waals surface area contributed by atoms with Gasteiger partial charge in [0.25, 0.3) is 0 Å². The zero-order valence-electron chi connectivity index (χ0n) is 11.5. The Labute approximate surface area is 114 Å². The smallest absolute Gasteiger partial charge is 0.220 e. The first-order chi connectivity index (χ1) is 9.24. The summed E-state index contributed by atoms with van der Waals surface area (Å²) in [6.07, 6.45) is 4.71. The van der Waals surface area contributed by atoms with Crippen LogP contribution in [0.4, 0.5) is 0 Å². The summed E-state index contributed by atoms with van der Waals surface area (Å²) in [6, 6.07) is 5.96. The number of aryl methyl sites for hydroxylation is 1. The Bertz CT molecular complexity index is 414. The van der Waals surface area contributed by atoms with Gasteiger partial charge >= 0.3 is 0 Å². The van der Waals surface area contributed by atoms with E-state index in [0.29, 0.717) is 19.1 Å². The molecule has 0 spiro atoms. The molecule has 1 amide bonds. The van der Waals surface area contributed by atoms with E-state index in [0.717, 1.165) is 43.7 Å². The van der Waals surface area contributed by atoms with Crippen LogP contribution in [-0.4, -0.2) is 30.1 Å². The largest absolute Gasteiger partial charge is 0.378 e. The van der Waals surface area contributed by atoms with Crippen LogP contribution in [-0.2, 0) is 16.0 Å². The average Bonchev–Trinajstić information content (AvgIpc) is 2.89. The lowest BCUT2D eigenvalue weighted by Crippen LogP contribution is -2.26. The highest BCUT2D eigenvalue weighted by atomic mass is 16.5. The third-order valence-corrected chi connectivity index (χ3v) is 3.37. The SMILES string of the molecule is Cc1cccc(CCNC(=O)CC[C@H]2CCCO2)n1. The first-order valence-electron chi connectivity index (χ1n) is 7.05. The van der Waals surface area contributed by atoms with Crippen molar-refractivity contribution in [2.24, 2.45) is 0 Å². The van der Waals surface area contributed by atoms with Gasteiger partial charge in [0, 0.05) is 37.4 Å². The molecule has 2 rings (SSSR count). The van der Waals surface area contributed by atoms with Gasteiger partial charge in [-0.05, 0) is 38.3 Å². The molecular formula is C15H22N2O2. The van der Waals surface area contributed by atoms with E-state index in [1.54, 1.807) is 0 Å². The highest BCUT2D eigenvalue weighted by molar-refractivity contribution is 5.75. The van der Waals surface area contributed by atoms with E-state index in [4.69, 9.17) is 4.74 Å². The maximum Gasteiger partial charge on any atom is 0.220 e. The molecule has 0 saturated carbocycles. The van der Waals surface area contributed by atoms with E-state index in [1.165, 1.54) is 0 Å². The van der Waals surface area contributed by atoms with Crippen LogP contribution in [0.25, 0.3) is 0 Å². The molecule has 4 heteroatoms. The van der Waals surface area contributed by atoms with Gasteiger partial charge < -0.3 is 10.1 Å². The molecule has 2 heterocycles. The van der Waals surface area contributed by atoms with Crippen molar-refractivity contribution < 1.29 is 9.53 Å².